The summed E-state index contributed by atoms with van der Waals surface area (Å²) in [5.41, 5.74) is 2.45. The Morgan fingerprint density at radius 2 is 2.00 bits per heavy atom. The van der Waals surface area contributed by atoms with Crippen molar-refractivity contribution in [3.05, 3.63) is 28.8 Å². The van der Waals surface area contributed by atoms with Gasteiger partial charge in [-0.3, -0.25) is 0 Å². The Morgan fingerprint density at radius 1 is 1.29 bits per heavy atom. The molecule has 0 radical (unpaired) electrons. The Kier molecular flexibility index (Phi) is 6.34. The van der Waals surface area contributed by atoms with E-state index in [1.165, 1.54) is 24.1 Å². The van der Waals surface area contributed by atoms with Crippen LogP contribution in [0, 0.1) is 0 Å². The second kappa shape index (κ2) is 8.02. The lowest BCUT2D eigenvalue weighted by Gasteiger charge is -2.36. The van der Waals surface area contributed by atoms with Crippen LogP contribution in [0.2, 0.25) is 5.02 Å². The number of halogens is 1. The standard InChI is InChI=1S/C17H28ClN3/c1-4-9-19-13-14-5-6-17(16(18)12-14)21-10-7-15(8-11-21)20(2)3/h5-6,12,15,19H,4,7-11,13H2,1-3H3. The third kappa shape index (κ3) is 4.60. The van der Waals surface area contributed by atoms with Crippen molar-refractivity contribution in [1.29, 1.82) is 0 Å². The maximum Gasteiger partial charge on any atom is 0.0642 e. The molecule has 1 heterocycles. The second-order valence-electron chi connectivity index (χ2n) is 6.14. The van der Waals surface area contributed by atoms with Gasteiger partial charge in [0.15, 0.2) is 0 Å². The number of hydrogen-bond acceptors (Lipinski definition) is 3. The first-order valence-electron chi connectivity index (χ1n) is 8.02. The Labute approximate surface area is 134 Å². The largest absolute Gasteiger partial charge is 0.370 e. The molecule has 4 heteroatoms. The van der Waals surface area contributed by atoms with Gasteiger partial charge < -0.3 is 15.1 Å². The molecule has 0 atom stereocenters. The van der Waals surface area contributed by atoms with Gasteiger partial charge in [-0.2, -0.15) is 0 Å². The zero-order valence-corrected chi connectivity index (χ0v) is 14.3. The number of rotatable bonds is 6. The lowest BCUT2D eigenvalue weighted by atomic mass is 10.0. The molecule has 0 saturated carbocycles. The highest BCUT2D eigenvalue weighted by Crippen LogP contribution is 2.29. The molecule has 1 aliphatic heterocycles. The number of nitrogens with zero attached hydrogens (tertiary/aromatic N) is 2. The van der Waals surface area contributed by atoms with E-state index in [9.17, 15) is 0 Å². The van der Waals surface area contributed by atoms with Gasteiger partial charge in [0.25, 0.3) is 0 Å². The molecule has 118 valence electrons. The zero-order valence-electron chi connectivity index (χ0n) is 13.5. The fourth-order valence-electron chi connectivity index (χ4n) is 2.95. The molecule has 0 unspecified atom stereocenters. The molecule has 1 fully saturated rings. The molecule has 1 aromatic carbocycles. The number of piperidine rings is 1. The van der Waals surface area contributed by atoms with Crippen molar-refractivity contribution in [3.63, 3.8) is 0 Å². The highest BCUT2D eigenvalue weighted by atomic mass is 35.5. The van der Waals surface area contributed by atoms with Crippen LogP contribution < -0.4 is 10.2 Å². The van der Waals surface area contributed by atoms with Gasteiger partial charge in [0.05, 0.1) is 10.7 Å². The summed E-state index contributed by atoms with van der Waals surface area (Å²) in [5, 5.41) is 4.30. The maximum absolute atomic E-state index is 6.49. The normalized spacial score (nSPS) is 16.7. The number of anilines is 1. The van der Waals surface area contributed by atoms with Gasteiger partial charge >= 0.3 is 0 Å². The molecule has 0 bridgehead atoms. The van der Waals surface area contributed by atoms with Crippen molar-refractivity contribution >= 4 is 17.3 Å². The Hall–Kier alpha value is -0.770. The van der Waals surface area contributed by atoms with Crippen LogP contribution in [0.3, 0.4) is 0 Å². The number of nitrogens with one attached hydrogen (secondary N) is 1. The predicted molar refractivity (Wildman–Crippen MR) is 92.4 cm³/mol. The van der Waals surface area contributed by atoms with Gasteiger partial charge in [-0.15, -0.1) is 0 Å². The summed E-state index contributed by atoms with van der Waals surface area (Å²) in [4.78, 5) is 4.76. The SMILES string of the molecule is CCCNCc1ccc(N2CCC(N(C)C)CC2)c(Cl)c1. The molecule has 0 spiro atoms. The molecule has 3 nitrogen and oxygen atoms in total. The molecule has 0 amide bonds. The van der Waals surface area contributed by atoms with Gasteiger partial charge in [0.1, 0.15) is 0 Å². The van der Waals surface area contributed by atoms with Crippen molar-refractivity contribution < 1.29 is 0 Å². The number of benzene rings is 1. The number of hydrogen-bond donors (Lipinski definition) is 1. The summed E-state index contributed by atoms with van der Waals surface area (Å²) in [7, 11) is 4.34. The lowest BCUT2D eigenvalue weighted by Crippen LogP contribution is -2.42. The molecule has 1 aromatic rings. The van der Waals surface area contributed by atoms with Crippen LogP contribution in [-0.2, 0) is 6.54 Å². The summed E-state index contributed by atoms with van der Waals surface area (Å²) < 4.78 is 0. The van der Waals surface area contributed by atoms with E-state index in [4.69, 9.17) is 11.6 Å². The van der Waals surface area contributed by atoms with Gasteiger partial charge in [-0.05, 0) is 57.6 Å². The molecule has 0 aromatic heterocycles. The van der Waals surface area contributed by atoms with Crippen LogP contribution in [0.4, 0.5) is 5.69 Å². The maximum atomic E-state index is 6.49. The average molecular weight is 310 g/mol. The third-order valence-corrected chi connectivity index (χ3v) is 4.61. The summed E-state index contributed by atoms with van der Waals surface area (Å²) >= 11 is 6.49. The third-order valence-electron chi connectivity index (χ3n) is 4.30. The van der Waals surface area contributed by atoms with E-state index >= 15 is 0 Å². The predicted octanol–water partition coefficient (Wildman–Crippen LogP) is 3.37. The van der Waals surface area contributed by atoms with Crippen molar-refractivity contribution in [2.45, 2.75) is 38.8 Å². The van der Waals surface area contributed by atoms with Gasteiger partial charge in [-0.25, -0.2) is 0 Å². The summed E-state index contributed by atoms with van der Waals surface area (Å²) in [6.07, 6.45) is 3.58. The van der Waals surface area contributed by atoms with E-state index in [1.807, 2.05) is 0 Å². The van der Waals surface area contributed by atoms with Crippen LogP contribution in [0.1, 0.15) is 31.7 Å². The molecular weight excluding hydrogens is 282 g/mol. The highest BCUT2D eigenvalue weighted by molar-refractivity contribution is 6.33. The summed E-state index contributed by atoms with van der Waals surface area (Å²) in [6.45, 7) is 6.32. The molecule has 1 saturated heterocycles. The van der Waals surface area contributed by atoms with E-state index in [-0.39, 0.29) is 0 Å². The Morgan fingerprint density at radius 3 is 2.57 bits per heavy atom. The molecular formula is C17H28ClN3. The van der Waals surface area contributed by atoms with E-state index in [2.05, 4.69) is 54.3 Å². The van der Waals surface area contributed by atoms with Gasteiger partial charge in [-0.1, -0.05) is 24.6 Å². The fourth-order valence-corrected chi connectivity index (χ4v) is 3.27. The first-order valence-corrected chi connectivity index (χ1v) is 8.40. The van der Waals surface area contributed by atoms with E-state index in [0.29, 0.717) is 6.04 Å². The monoisotopic (exact) mass is 309 g/mol. The average Bonchev–Trinajstić information content (AvgIpc) is 2.48. The van der Waals surface area contributed by atoms with E-state index in [1.54, 1.807) is 0 Å². The van der Waals surface area contributed by atoms with E-state index in [0.717, 1.165) is 37.6 Å². The molecule has 1 aliphatic rings. The van der Waals surface area contributed by atoms with Gasteiger partial charge in [0, 0.05) is 25.7 Å². The molecule has 2 rings (SSSR count). The summed E-state index contributed by atoms with van der Waals surface area (Å²) in [5.74, 6) is 0. The minimum Gasteiger partial charge on any atom is -0.370 e. The first kappa shape index (κ1) is 16.6. The highest BCUT2D eigenvalue weighted by Gasteiger charge is 2.21. The molecule has 0 aliphatic carbocycles. The second-order valence-corrected chi connectivity index (χ2v) is 6.55. The van der Waals surface area contributed by atoms with Crippen molar-refractivity contribution in [3.8, 4) is 0 Å². The van der Waals surface area contributed by atoms with Crippen LogP contribution in [0.15, 0.2) is 18.2 Å². The minimum atomic E-state index is 0.706. The quantitative estimate of drug-likeness (QED) is 0.813. The van der Waals surface area contributed by atoms with Crippen molar-refractivity contribution in [1.82, 2.24) is 10.2 Å². The fraction of sp³-hybridized carbons (Fsp3) is 0.647. The van der Waals surface area contributed by atoms with Crippen molar-refractivity contribution in [2.75, 3.05) is 38.6 Å². The minimum absolute atomic E-state index is 0.706. The Bertz CT molecular complexity index is 440. The van der Waals surface area contributed by atoms with Crippen LogP contribution in [0.25, 0.3) is 0 Å². The van der Waals surface area contributed by atoms with Crippen LogP contribution in [-0.4, -0.2) is 44.7 Å². The zero-order chi connectivity index (χ0) is 15.2. The summed E-state index contributed by atoms with van der Waals surface area (Å²) in [6, 6.07) is 7.19. The van der Waals surface area contributed by atoms with Crippen LogP contribution in [0.5, 0.6) is 0 Å². The van der Waals surface area contributed by atoms with Crippen LogP contribution >= 0.6 is 11.6 Å². The lowest BCUT2D eigenvalue weighted by molar-refractivity contribution is 0.249. The smallest absolute Gasteiger partial charge is 0.0642 e. The van der Waals surface area contributed by atoms with Gasteiger partial charge in [0.2, 0.25) is 0 Å². The Balaban J connectivity index is 1.95. The molecule has 1 N–H and O–H groups in total. The van der Waals surface area contributed by atoms with E-state index < -0.39 is 0 Å². The molecule has 21 heavy (non-hydrogen) atoms. The van der Waals surface area contributed by atoms with Crippen molar-refractivity contribution in [2.24, 2.45) is 0 Å². The first-order chi connectivity index (χ1) is 10.1. The topological polar surface area (TPSA) is 18.5 Å².